The van der Waals surface area contributed by atoms with E-state index in [0.29, 0.717) is 11.5 Å². The van der Waals surface area contributed by atoms with Gasteiger partial charge in [0, 0.05) is 23.0 Å². The number of nitrogens with one attached hydrogen (secondary N) is 1. The summed E-state index contributed by atoms with van der Waals surface area (Å²) >= 11 is 0. The fourth-order valence-electron chi connectivity index (χ4n) is 1.67. The summed E-state index contributed by atoms with van der Waals surface area (Å²) in [5.41, 5.74) is 7.89. The van der Waals surface area contributed by atoms with Crippen LogP contribution in [0.5, 0.6) is 0 Å². The van der Waals surface area contributed by atoms with Crippen LogP contribution in [0.1, 0.15) is 19.0 Å². The van der Waals surface area contributed by atoms with Crippen LogP contribution in [-0.2, 0) is 6.42 Å². The van der Waals surface area contributed by atoms with Crippen molar-refractivity contribution in [2.24, 2.45) is 0 Å². The maximum Gasteiger partial charge on any atom is 0.251 e. The number of hydrogen-bond acceptors (Lipinski definition) is 3. The highest BCUT2D eigenvalue weighted by Crippen LogP contribution is 2.15. The van der Waals surface area contributed by atoms with Crippen molar-refractivity contribution < 1.29 is 0 Å². The van der Waals surface area contributed by atoms with Gasteiger partial charge in [0.1, 0.15) is 5.82 Å². The van der Waals surface area contributed by atoms with Crippen LogP contribution in [0.4, 0.5) is 5.69 Å². The van der Waals surface area contributed by atoms with Crippen molar-refractivity contribution in [1.29, 1.82) is 0 Å². The standard InChI is InChI=1S/C13H15N3O/c1-2-3-11-8-12(17)16-13(15-11)9-4-6-10(14)7-5-9/h4-8H,2-3,14H2,1H3,(H,15,16,17). The Labute approximate surface area is 99.5 Å². The molecule has 2 aromatic rings. The first-order valence-corrected chi connectivity index (χ1v) is 5.65. The summed E-state index contributed by atoms with van der Waals surface area (Å²) in [5.74, 6) is 0.598. The van der Waals surface area contributed by atoms with Crippen LogP contribution in [-0.4, -0.2) is 9.97 Å². The molecule has 0 aliphatic rings. The molecule has 1 aromatic heterocycles. The van der Waals surface area contributed by atoms with E-state index in [1.165, 1.54) is 0 Å². The fraction of sp³-hybridized carbons (Fsp3) is 0.231. The summed E-state index contributed by atoms with van der Waals surface area (Å²) < 4.78 is 0. The summed E-state index contributed by atoms with van der Waals surface area (Å²) in [6.45, 7) is 2.06. The topological polar surface area (TPSA) is 71.8 Å². The molecule has 0 atom stereocenters. The second-order valence-corrected chi connectivity index (χ2v) is 3.96. The summed E-state index contributed by atoms with van der Waals surface area (Å²) in [7, 11) is 0. The lowest BCUT2D eigenvalue weighted by molar-refractivity contribution is 0.870. The van der Waals surface area contributed by atoms with Crippen LogP contribution in [0.15, 0.2) is 35.1 Å². The van der Waals surface area contributed by atoms with Gasteiger partial charge in [0.25, 0.3) is 5.56 Å². The number of nitrogens with zero attached hydrogens (tertiary/aromatic N) is 1. The molecular weight excluding hydrogens is 214 g/mol. The van der Waals surface area contributed by atoms with Crippen LogP contribution in [0.25, 0.3) is 11.4 Å². The zero-order chi connectivity index (χ0) is 12.3. The Morgan fingerprint density at radius 2 is 2.00 bits per heavy atom. The third kappa shape index (κ3) is 2.72. The number of H-pyrrole nitrogens is 1. The number of nitrogen functional groups attached to an aromatic ring is 1. The van der Waals surface area contributed by atoms with Crippen molar-refractivity contribution in [3.05, 3.63) is 46.4 Å². The number of hydrogen-bond donors (Lipinski definition) is 2. The Morgan fingerprint density at radius 3 is 2.65 bits per heavy atom. The van der Waals surface area contributed by atoms with Crippen molar-refractivity contribution in [3.63, 3.8) is 0 Å². The monoisotopic (exact) mass is 229 g/mol. The third-order valence-corrected chi connectivity index (χ3v) is 2.48. The lowest BCUT2D eigenvalue weighted by Gasteiger charge is -2.03. The van der Waals surface area contributed by atoms with E-state index in [4.69, 9.17) is 5.73 Å². The predicted molar refractivity (Wildman–Crippen MR) is 68.7 cm³/mol. The van der Waals surface area contributed by atoms with Crippen LogP contribution >= 0.6 is 0 Å². The molecular formula is C13H15N3O. The Hall–Kier alpha value is -2.10. The van der Waals surface area contributed by atoms with Gasteiger partial charge in [-0.05, 0) is 30.7 Å². The molecule has 0 spiro atoms. The van der Waals surface area contributed by atoms with Gasteiger partial charge in [-0.2, -0.15) is 0 Å². The summed E-state index contributed by atoms with van der Waals surface area (Å²) in [5, 5.41) is 0. The quantitative estimate of drug-likeness (QED) is 0.790. The molecule has 0 saturated heterocycles. The summed E-state index contributed by atoms with van der Waals surface area (Å²) in [4.78, 5) is 18.7. The average molecular weight is 229 g/mol. The molecule has 0 aliphatic carbocycles. The maximum absolute atomic E-state index is 11.5. The van der Waals surface area contributed by atoms with Crippen LogP contribution in [0, 0.1) is 0 Å². The number of rotatable bonds is 3. The molecule has 0 radical (unpaired) electrons. The number of nitrogens with two attached hydrogens (primary N) is 1. The summed E-state index contributed by atoms with van der Waals surface area (Å²) in [6.07, 6.45) is 1.78. The van der Waals surface area contributed by atoms with E-state index in [2.05, 4.69) is 16.9 Å². The van der Waals surface area contributed by atoms with E-state index in [9.17, 15) is 4.79 Å². The molecule has 0 aliphatic heterocycles. The molecule has 0 unspecified atom stereocenters. The Morgan fingerprint density at radius 1 is 1.29 bits per heavy atom. The highest BCUT2D eigenvalue weighted by atomic mass is 16.1. The van der Waals surface area contributed by atoms with E-state index < -0.39 is 0 Å². The zero-order valence-electron chi connectivity index (χ0n) is 9.73. The largest absolute Gasteiger partial charge is 0.399 e. The van der Waals surface area contributed by atoms with E-state index in [-0.39, 0.29) is 5.56 Å². The Balaban J connectivity index is 2.44. The van der Waals surface area contributed by atoms with Crippen LogP contribution in [0.3, 0.4) is 0 Å². The van der Waals surface area contributed by atoms with Crippen LogP contribution < -0.4 is 11.3 Å². The molecule has 88 valence electrons. The van der Waals surface area contributed by atoms with Crippen molar-refractivity contribution in [3.8, 4) is 11.4 Å². The maximum atomic E-state index is 11.5. The van der Waals surface area contributed by atoms with Gasteiger partial charge in [0.2, 0.25) is 0 Å². The number of benzene rings is 1. The molecule has 1 heterocycles. The highest BCUT2D eigenvalue weighted by Gasteiger charge is 2.03. The molecule has 3 N–H and O–H groups in total. The number of aromatic nitrogens is 2. The van der Waals surface area contributed by atoms with Gasteiger partial charge in [-0.1, -0.05) is 13.3 Å². The predicted octanol–water partition coefficient (Wildman–Crippen LogP) is 1.97. The highest BCUT2D eigenvalue weighted by molar-refractivity contribution is 5.58. The first-order chi connectivity index (χ1) is 8.19. The number of aromatic amines is 1. The van der Waals surface area contributed by atoms with E-state index >= 15 is 0 Å². The van der Waals surface area contributed by atoms with Crippen molar-refractivity contribution in [1.82, 2.24) is 9.97 Å². The van der Waals surface area contributed by atoms with Crippen molar-refractivity contribution >= 4 is 5.69 Å². The van der Waals surface area contributed by atoms with Gasteiger partial charge in [-0.15, -0.1) is 0 Å². The second kappa shape index (κ2) is 4.82. The third-order valence-electron chi connectivity index (χ3n) is 2.48. The molecule has 17 heavy (non-hydrogen) atoms. The van der Waals surface area contributed by atoms with E-state index in [1.54, 1.807) is 18.2 Å². The Kier molecular flexibility index (Phi) is 3.23. The molecule has 4 nitrogen and oxygen atoms in total. The second-order valence-electron chi connectivity index (χ2n) is 3.96. The number of anilines is 1. The molecule has 1 aromatic carbocycles. The molecule has 0 amide bonds. The Bertz CT molecular complexity index is 558. The molecule has 0 fully saturated rings. The molecule has 2 rings (SSSR count). The van der Waals surface area contributed by atoms with Gasteiger partial charge < -0.3 is 10.7 Å². The van der Waals surface area contributed by atoms with Crippen molar-refractivity contribution in [2.45, 2.75) is 19.8 Å². The van der Waals surface area contributed by atoms with Gasteiger partial charge in [0.05, 0.1) is 0 Å². The van der Waals surface area contributed by atoms with Crippen LogP contribution in [0.2, 0.25) is 0 Å². The zero-order valence-corrected chi connectivity index (χ0v) is 9.73. The molecule has 0 bridgehead atoms. The lowest BCUT2D eigenvalue weighted by atomic mass is 10.2. The van der Waals surface area contributed by atoms with Gasteiger partial charge in [-0.25, -0.2) is 4.98 Å². The smallest absolute Gasteiger partial charge is 0.251 e. The van der Waals surface area contributed by atoms with Crippen molar-refractivity contribution in [2.75, 3.05) is 5.73 Å². The summed E-state index contributed by atoms with van der Waals surface area (Å²) in [6, 6.07) is 8.83. The van der Waals surface area contributed by atoms with Gasteiger partial charge in [0.15, 0.2) is 0 Å². The average Bonchev–Trinajstić information content (AvgIpc) is 2.29. The van der Waals surface area contributed by atoms with E-state index in [1.807, 2.05) is 12.1 Å². The minimum Gasteiger partial charge on any atom is -0.399 e. The SMILES string of the molecule is CCCc1cc(=O)[nH]c(-c2ccc(N)cc2)n1. The normalized spacial score (nSPS) is 10.4. The number of aryl methyl sites for hydroxylation is 1. The van der Waals surface area contributed by atoms with Gasteiger partial charge in [-0.3, -0.25) is 4.79 Å². The fourth-order valence-corrected chi connectivity index (χ4v) is 1.67. The minimum absolute atomic E-state index is 0.115. The molecule has 0 saturated carbocycles. The first-order valence-electron chi connectivity index (χ1n) is 5.65. The minimum atomic E-state index is -0.115. The van der Waals surface area contributed by atoms with Gasteiger partial charge >= 0.3 is 0 Å². The molecule has 4 heteroatoms. The van der Waals surface area contributed by atoms with E-state index in [0.717, 1.165) is 24.1 Å². The first kappa shape index (κ1) is 11.4. The lowest BCUT2D eigenvalue weighted by Crippen LogP contribution is -2.10.